The molecule has 1 unspecified atom stereocenters. The van der Waals surface area contributed by atoms with Crippen LogP contribution < -0.4 is 0 Å². The molecule has 2 rings (SSSR count). The normalized spacial score (nSPS) is 11.8. The van der Waals surface area contributed by atoms with Crippen molar-refractivity contribution in [2.45, 2.75) is 26.2 Å². The van der Waals surface area contributed by atoms with E-state index in [0.29, 0.717) is 16.3 Å². The number of aryl methyl sites for hydroxylation is 1. The Morgan fingerprint density at radius 3 is 2.44 bits per heavy atom. The van der Waals surface area contributed by atoms with Crippen molar-refractivity contribution < 1.29 is 24.2 Å². The maximum Gasteiger partial charge on any atom is 0.339 e. The van der Waals surface area contributed by atoms with Crippen LogP contribution in [0, 0.1) is 6.92 Å². The van der Waals surface area contributed by atoms with Crippen LogP contribution in [-0.4, -0.2) is 34.4 Å². The molecule has 0 spiro atoms. The standard InChI is InChI=1S/C18H18ClNO5/c1-3-25-18(24)13-8-15(20-10(13)2)14(17(22)23)9-16(21)11-4-6-12(19)7-5-11/h4-8,14,20H,3,9H2,1-2H3,(H,22,23). The lowest BCUT2D eigenvalue weighted by molar-refractivity contribution is -0.138. The first-order chi connectivity index (χ1) is 11.8. The average Bonchev–Trinajstić information content (AvgIpc) is 2.94. The zero-order valence-corrected chi connectivity index (χ0v) is 14.6. The average molecular weight is 364 g/mol. The molecule has 0 amide bonds. The smallest absolute Gasteiger partial charge is 0.339 e. The van der Waals surface area contributed by atoms with Crippen LogP contribution in [0.4, 0.5) is 0 Å². The molecule has 0 radical (unpaired) electrons. The summed E-state index contributed by atoms with van der Waals surface area (Å²) in [7, 11) is 0. The van der Waals surface area contributed by atoms with Crippen LogP contribution in [0.1, 0.15) is 51.4 Å². The SMILES string of the molecule is CCOC(=O)c1cc(C(CC(=O)c2ccc(Cl)cc2)C(=O)O)[nH]c1C. The predicted molar refractivity (Wildman–Crippen MR) is 92.3 cm³/mol. The molecule has 1 aromatic heterocycles. The van der Waals surface area contributed by atoms with E-state index in [1.807, 2.05) is 0 Å². The summed E-state index contributed by atoms with van der Waals surface area (Å²) in [6, 6.07) is 7.67. The molecular formula is C18H18ClNO5. The van der Waals surface area contributed by atoms with Gasteiger partial charge in [0, 0.05) is 28.4 Å². The van der Waals surface area contributed by atoms with E-state index in [1.165, 1.54) is 6.07 Å². The zero-order valence-electron chi connectivity index (χ0n) is 13.8. The van der Waals surface area contributed by atoms with Gasteiger partial charge < -0.3 is 14.8 Å². The Morgan fingerprint density at radius 1 is 1.24 bits per heavy atom. The molecule has 0 saturated heterocycles. The van der Waals surface area contributed by atoms with E-state index >= 15 is 0 Å². The van der Waals surface area contributed by atoms with Crippen molar-refractivity contribution in [3.63, 3.8) is 0 Å². The van der Waals surface area contributed by atoms with Crippen LogP contribution in [0.25, 0.3) is 0 Å². The molecule has 1 aromatic carbocycles. The first-order valence-electron chi connectivity index (χ1n) is 7.71. The van der Waals surface area contributed by atoms with Crippen molar-refractivity contribution in [2.24, 2.45) is 0 Å². The number of carboxylic acids is 1. The van der Waals surface area contributed by atoms with Gasteiger partial charge in [0.15, 0.2) is 5.78 Å². The van der Waals surface area contributed by atoms with Crippen molar-refractivity contribution >= 4 is 29.3 Å². The molecule has 1 heterocycles. The minimum Gasteiger partial charge on any atom is -0.481 e. The third-order valence-electron chi connectivity index (χ3n) is 3.76. The number of ether oxygens (including phenoxy) is 1. The molecule has 25 heavy (non-hydrogen) atoms. The number of carbonyl (C=O) groups excluding carboxylic acids is 2. The number of Topliss-reactive ketones (excluding diaryl/α,β-unsaturated/α-hetero) is 1. The number of hydrogen-bond donors (Lipinski definition) is 2. The minimum atomic E-state index is -1.15. The summed E-state index contributed by atoms with van der Waals surface area (Å²) in [6.07, 6.45) is -0.237. The van der Waals surface area contributed by atoms with E-state index in [-0.39, 0.29) is 30.1 Å². The van der Waals surface area contributed by atoms with Crippen LogP contribution in [-0.2, 0) is 9.53 Å². The number of ketones is 1. The number of halogens is 1. The number of nitrogens with one attached hydrogen (secondary N) is 1. The minimum absolute atomic E-state index is 0.218. The van der Waals surface area contributed by atoms with Gasteiger partial charge in [-0.1, -0.05) is 11.6 Å². The number of benzene rings is 1. The predicted octanol–water partition coefficient (Wildman–Crippen LogP) is 3.59. The molecule has 0 aliphatic heterocycles. The van der Waals surface area contributed by atoms with Gasteiger partial charge in [0.1, 0.15) is 5.92 Å². The largest absolute Gasteiger partial charge is 0.481 e. The zero-order chi connectivity index (χ0) is 18.6. The van der Waals surface area contributed by atoms with E-state index in [0.717, 1.165) is 0 Å². The molecule has 0 aliphatic carbocycles. The summed E-state index contributed by atoms with van der Waals surface area (Å²) in [5, 5.41) is 9.99. The molecule has 6 nitrogen and oxygen atoms in total. The Balaban J connectivity index is 2.25. The number of esters is 1. The Morgan fingerprint density at radius 2 is 1.88 bits per heavy atom. The first kappa shape index (κ1) is 18.7. The molecule has 2 aromatic rings. The highest BCUT2D eigenvalue weighted by atomic mass is 35.5. The van der Waals surface area contributed by atoms with E-state index in [4.69, 9.17) is 16.3 Å². The number of H-pyrrole nitrogens is 1. The van der Waals surface area contributed by atoms with Crippen LogP contribution in [0.5, 0.6) is 0 Å². The van der Waals surface area contributed by atoms with Crippen LogP contribution >= 0.6 is 11.6 Å². The lowest BCUT2D eigenvalue weighted by Crippen LogP contribution is -2.17. The highest BCUT2D eigenvalue weighted by Crippen LogP contribution is 2.25. The summed E-state index contributed by atoms with van der Waals surface area (Å²) >= 11 is 5.79. The fraction of sp³-hybridized carbons (Fsp3) is 0.278. The van der Waals surface area contributed by atoms with E-state index in [1.54, 1.807) is 38.1 Å². The number of aromatic nitrogens is 1. The molecule has 1 atom stereocenters. The van der Waals surface area contributed by atoms with Crippen LogP contribution in [0.2, 0.25) is 5.02 Å². The molecule has 2 N–H and O–H groups in total. The third-order valence-corrected chi connectivity index (χ3v) is 4.01. The van der Waals surface area contributed by atoms with Gasteiger partial charge in [0.25, 0.3) is 0 Å². The molecule has 0 aliphatic rings. The van der Waals surface area contributed by atoms with Crippen molar-refractivity contribution in [1.29, 1.82) is 0 Å². The number of carbonyl (C=O) groups is 3. The Labute approximate surface area is 149 Å². The summed E-state index contributed by atoms with van der Waals surface area (Å²) in [6.45, 7) is 3.55. The van der Waals surface area contributed by atoms with Crippen molar-refractivity contribution in [1.82, 2.24) is 4.98 Å². The van der Waals surface area contributed by atoms with Crippen molar-refractivity contribution in [2.75, 3.05) is 6.61 Å². The quantitative estimate of drug-likeness (QED) is 0.578. The highest BCUT2D eigenvalue weighted by Gasteiger charge is 2.27. The first-order valence-corrected chi connectivity index (χ1v) is 8.09. The van der Waals surface area contributed by atoms with Crippen LogP contribution in [0.15, 0.2) is 30.3 Å². The van der Waals surface area contributed by atoms with Crippen molar-refractivity contribution in [3.05, 3.63) is 57.9 Å². The van der Waals surface area contributed by atoms with E-state index in [9.17, 15) is 19.5 Å². The Hall–Kier alpha value is -2.60. The molecular weight excluding hydrogens is 346 g/mol. The number of hydrogen-bond acceptors (Lipinski definition) is 4. The Bertz CT molecular complexity index is 794. The monoisotopic (exact) mass is 363 g/mol. The maximum atomic E-state index is 12.4. The van der Waals surface area contributed by atoms with Gasteiger partial charge >= 0.3 is 11.9 Å². The lowest BCUT2D eigenvalue weighted by Gasteiger charge is -2.10. The second kappa shape index (κ2) is 7.98. The van der Waals surface area contributed by atoms with Crippen LogP contribution in [0.3, 0.4) is 0 Å². The fourth-order valence-corrected chi connectivity index (χ4v) is 2.59. The van der Waals surface area contributed by atoms with E-state index < -0.39 is 17.9 Å². The van der Waals surface area contributed by atoms with Gasteiger partial charge in [-0.2, -0.15) is 0 Å². The van der Waals surface area contributed by atoms with Gasteiger partial charge in [-0.25, -0.2) is 4.79 Å². The molecule has 132 valence electrons. The maximum absolute atomic E-state index is 12.4. The second-order valence-corrected chi connectivity index (χ2v) is 5.95. The summed E-state index contributed by atoms with van der Waals surface area (Å²) in [4.78, 5) is 38.7. The third kappa shape index (κ3) is 4.48. The highest BCUT2D eigenvalue weighted by molar-refractivity contribution is 6.30. The van der Waals surface area contributed by atoms with Gasteiger partial charge in [0.05, 0.1) is 12.2 Å². The van der Waals surface area contributed by atoms with Gasteiger partial charge in [-0.15, -0.1) is 0 Å². The Kier molecular flexibility index (Phi) is 5.98. The van der Waals surface area contributed by atoms with Gasteiger partial charge in [-0.05, 0) is 44.2 Å². The van der Waals surface area contributed by atoms with Gasteiger partial charge in [-0.3, -0.25) is 9.59 Å². The topological polar surface area (TPSA) is 96.5 Å². The molecule has 0 bridgehead atoms. The number of rotatable bonds is 7. The summed E-state index contributed by atoms with van der Waals surface area (Å²) in [5.41, 5.74) is 1.43. The molecule has 0 fully saturated rings. The van der Waals surface area contributed by atoms with Crippen molar-refractivity contribution in [3.8, 4) is 0 Å². The van der Waals surface area contributed by atoms with Gasteiger partial charge in [0.2, 0.25) is 0 Å². The fourth-order valence-electron chi connectivity index (χ4n) is 2.46. The van der Waals surface area contributed by atoms with E-state index in [2.05, 4.69) is 4.98 Å². The second-order valence-electron chi connectivity index (χ2n) is 5.51. The summed E-state index contributed by atoms with van der Waals surface area (Å²) in [5.74, 6) is -3.10. The number of carboxylic acid groups (broad SMARTS) is 1. The molecule has 7 heteroatoms. The number of aromatic amines is 1. The summed E-state index contributed by atoms with van der Waals surface area (Å²) < 4.78 is 4.94. The number of aliphatic carboxylic acids is 1. The molecule has 0 saturated carbocycles. The lowest BCUT2D eigenvalue weighted by atomic mass is 9.95.